The van der Waals surface area contributed by atoms with Crippen LogP contribution >= 0.6 is 0 Å². The van der Waals surface area contributed by atoms with Gasteiger partial charge in [0.15, 0.2) is 11.6 Å². The Balaban J connectivity index is 2.22. The lowest BCUT2D eigenvalue weighted by Gasteiger charge is -2.26. The molecule has 0 aromatic heterocycles. The Hall–Kier alpha value is -1.54. The van der Waals surface area contributed by atoms with Gasteiger partial charge in [-0.3, -0.25) is 14.8 Å². The Kier molecular flexibility index (Phi) is 4.11. The van der Waals surface area contributed by atoms with Crippen LogP contribution in [-0.2, 0) is 10.8 Å². The molecule has 3 N–H and O–H groups in total. The van der Waals surface area contributed by atoms with Crippen molar-refractivity contribution in [1.29, 1.82) is 0 Å². The van der Waals surface area contributed by atoms with Crippen LogP contribution in [0.5, 0.6) is 0 Å². The maximum absolute atomic E-state index is 13.5. The summed E-state index contributed by atoms with van der Waals surface area (Å²) < 4.78 is 38.2. The molecule has 1 aromatic carbocycles. The predicted molar refractivity (Wildman–Crippen MR) is 67.9 cm³/mol. The summed E-state index contributed by atoms with van der Waals surface area (Å²) in [5.41, 5.74) is 1.34. The number of rotatable bonds is 2. The summed E-state index contributed by atoms with van der Waals surface area (Å²) in [5, 5.41) is 0. The third-order valence-corrected chi connectivity index (χ3v) is 4.17. The minimum absolute atomic E-state index is 0.0818. The number of nitrogen functional groups attached to an aromatic ring is 1. The van der Waals surface area contributed by atoms with E-state index in [9.17, 15) is 17.8 Å². The smallest absolute Gasteiger partial charge is 0.254 e. The molecule has 1 fully saturated rings. The van der Waals surface area contributed by atoms with Crippen molar-refractivity contribution >= 4 is 22.4 Å². The van der Waals surface area contributed by atoms with Gasteiger partial charge in [-0.15, -0.1) is 0 Å². The van der Waals surface area contributed by atoms with Gasteiger partial charge in [-0.1, -0.05) is 0 Å². The first-order chi connectivity index (χ1) is 9.02. The van der Waals surface area contributed by atoms with Gasteiger partial charge in [0.2, 0.25) is 0 Å². The Labute approximate surface area is 111 Å². The summed E-state index contributed by atoms with van der Waals surface area (Å²) in [6, 6.07) is 1.87. The maximum atomic E-state index is 13.5. The molecule has 0 radical (unpaired) electrons. The summed E-state index contributed by atoms with van der Waals surface area (Å²) >= 11 is 0. The SMILES string of the molecule is NNc1c(F)cc(C(=O)N2CCS(=O)CC2)cc1F. The second-order valence-electron chi connectivity index (χ2n) is 4.10. The van der Waals surface area contributed by atoms with Crippen LogP contribution in [-0.4, -0.2) is 39.6 Å². The van der Waals surface area contributed by atoms with Gasteiger partial charge in [0.05, 0.1) is 0 Å². The number of halogens is 2. The quantitative estimate of drug-likeness (QED) is 0.612. The van der Waals surface area contributed by atoms with Gasteiger partial charge in [-0.25, -0.2) is 8.78 Å². The molecule has 5 nitrogen and oxygen atoms in total. The summed E-state index contributed by atoms with van der Waals surface area (Å²) in [6.07, 6.45) is 0. The van der Waals surface area contributed by atoms with E-state index in [0.29, 0.717) is 24.6 Å². The van der Waals surface area contributed by atoms with Crippen LogP contribution in [0.1, 0.15) is 10.4 Å². The first-order valence-corrected chi connectivity index (χ1v) is 7.11. The minimum atomic E-state index is -0.925. The van der Waals surface area contributed by atoms with Crippen LogP contribution < -0.4 is 11.3 Å². The zero-order valence-corrected chi connectivity index (χ0v) is 10.8. The molecule has 8 heteroatoms. The molecule has 104 valence electrons. The molecule has 2 rings (SSSR count). The molecule has 0 saturated carbocycles. The highest BCUT2D eigenvalue weighted by atomic mass is 32.2. The van der Waals surface area contributed by atoms with E-state index in [1.54, 1.807) is 0 Å². The van der Waals surface area contributed by atoms with Crippen LogP contribution in [0.15, 0.2) is 12.1 Å². The molecule has 1 amide bonds. The van der Waals surface area contributed by atoms with E-state index in [1.165, 1.54) is 4.90 Å². The van der Waals surface area contributed by atoms with E-state index in [-0.39, 0.29) is 5.56 Å². The van der Waals surface area contributed by atoms with E-state index < -0.39 is 34.0 Å². The molecule has 1 heterocycles. The normalized spacial score (nSPS) is 16.5. The second-order valence-corrected chi connectivity index (χ2v) is 5.80. The first-order valence-electron chi connectivity index (χ1n) is 5.63. The number of amides is 1. The fraction of sp³-hybridized carbons (Fsp3) is 0.364. The maximum Gasteiger partial charge on any atom is 0.254 e. The average Bonchev–Trinajstić information content (AvgIpc) is 2.38. The molecule has 0 spiro atoms. The fourth-order valence-electron chi connectivity index (χ4n) is 1.86. The molecule has 0 atom stereocenters. The van der Waals surface area contributed by atoms with Gasteiger partial charge >= 0.3 is 0 Å². The zero-order chi connectivity index (χ0) is 14.0. The van der Waals surface area contributed by atoms with Crippen molar-refractivity contribution in [2.24, 2.45) is 5.84 Å². The van der Waals surface area contributed by atoms with Crippen molar-refractivity contribution in [2.45, 2.75) is 0 Å². The minimum Gasteiger partial charge on any atom is -0.337 e. The van der Waals surface area contributed by atoms with Gasteiger partial charge in [0.1, 0.15) is 5.69 Å². The fourth-order valence-corrected chi connectivity index (χ4v) is 2.91. The number of hydrogen-bond donors (Lipinski definition) is 2. The van der Waals surface area contributed by atoms with Gasteiger partial charge in [0.25, 0.3) is 5.91 Å². The highest BCUT2D eigenvalue weighted by molar-refractivity contribution is 7.85. The highest BCUT2D eigenvalue weighted by Gasteiger charge is 2.23. The molecule has 1 saturated heterocycles. The topological polar surface area (TPSA) is 75.4 Å². The molecular formula is C11H13F2N3O2S. The first kappa shape index (κ1) is 13.9. The van der Waals surface area contributed by atoms with E-state index >= 15 is 0 Å². The molecular weight excluding hydrogens is 276 g/mol. The molecule has 0 aliphatic carbocycles. The number of carbonyl (C=O) groups excluding carboxylic acids is 1. The Bertz CT molecular complexity index is 506. The number of hydrazine groups is 1. The number of benzene rings is 1. The van der Waals surface area contributed by atoms with Gasteiger partial charge in [0, 0.05) is 41.0 Å². The van der Waals surface area contributed by atoms with Gasteiger partial charge < -0.3 is 10.3 Å². The number of nitrogens with two attached hydrogens (primary N) is 1. The van der Waals surface area contributed by atoms with Crippen molar-refractivity contribution in [3.63, 3.8) is 0 Å². The molecule has 0 unspecified atom stereocenters. The molecule has 0 bridgehead atoms. The van der Waals surface area contributed by atoms with E-state index in [2.05, 4.69) is 0 Å². The Morgan fingerprint density at radius 3 is 2.26 bits per heavy atom. The third kappa shape index (κ3) is 2.90. The number of hydrogen-bond acceptors (Lipinski definition) is 4. The van der Waals surface area contributed by atoms with Crippen LogP contribution in [0.4, 0.5) is 14.5 Å². The summed E-state index contributed by atoms with van der Waals surface area (Å²) in [5.74, 6) is 3.43. The molecule has 19 heavy (non-hydrogen) atoms. The average molecular weight is 289 g/mol. The van der Waals surface area contributed by atoms with Crippen LogP contribution in [0.2, 0.25) is 0 Å². The van der Waals surface area contributed by atoms with E-state index in [4.69, 9.17) is 5.84 Å². The van der Waals surface area contributed by atoms with Crippen LogP contribution in [0, 0.1) is 11.6 Å². The van der Waals surface area contributed by atoms with Crippen molar-refractivity contribution in [1.82, 2.24) is 4.90 Å². The lowest BCUT2D eigenvalue weighted by atomic mass is 10.1. The standard InChI is InChI=1S/C11H13F2N3O2S/c12-8-5-7(6-9(13)10(8)15-14)11(17)16-1-3-19(18)4-2-16/h5-6,15H,1-4,14H2. The summed E-state index contributed by atoms with van der Waals surface area (Å²) in [4.78, 5) is 13.5. The van der Waals surface area contributed by atoms with Crippen molar-refractivity contribution < 1.29 is 17.8 Å². The van der Waals surface area contributed by atoms with Gasteiger partial charge in [-0.05, 0) is 12.1 Å². The predicted octanol–water partition coefficient (Wildman–Crippen LogP) is 0.455. The summed E-state index contributed by atoms with van der Waals surface area (Å²) in [7, 11) is -0.916. The van der Waals surface area contributed by atoms with Crippen molar-refractivity contribution in [3.8, 4) is 0 Å². The van der Waals surface area contributed by atoms with Crippen LogP contribution in [0.3, 0.4) is 0 Å². The second kappa shape index (κ2) is 5.62. The number of nitrogens with one attached hydrogen (secondary N) is 1. The molecule has 1 aliphatic rings. The third-order valence-electron chi connectivity index (χ3n) is 2.90. The van der Waals surface area contributed by atoms with Gasteiger partial charge in [-0.2, -0.15) is 0 Å². The lowest BCUT2D eigenvalue weighted by Crippen LogP contribution is -2.41. The zero-order valence-electron chi connectivity index (χ0n) is 9.99. The molecule has 1 aliphatic heterocycles. The highest BCUT2D eigenvalue weighted by Crippen LogP contribution is 2.21. The lowest BCUT2D eigenvalue weighted by molar-refractivity contribution is 0.0770. The van der Waals surface area contributed by atoms with E-state index in [0.717, 1.165) is 12.1 Å². The van der Waals surface area contributed by atoms with Crippen molar-refractivity contribution in [3.05, 3.63) is 29.3 Å². The van der Waals surface area contributed by atoms with Crippen molar-refractivity contribution in [2.75, 3.05) is 30.0 Å². The summed E-state index contributed by atoms with van der Waals surface area (Å²) in [6.45, 7) is 0.650. The Morgan fingerprint density at radius 1 is 1.26 bits per heavy atom. The largest absolute Gasteiger partial charge is 0.337 e. The number of anilines is 1. The Morgan fingerprint density at radius 2 is 1.79 bits per heavy atom. The van der Waals surface area contributed by atoms with Crippen LogP contribution in [0.25, 0.3) is 0 Å². The van der Waals surface area contributed by atoms with E-state index in [1.807, 2.05) is 5.43 Å². The number of carbonyl (C=O) groups is 1. The molecule has 1 aromatic rings. The monoisotopic (exact) mass is 289 g/mol. The number of nitrogens with zero attached hydrogens (tertiary/aromatic N) is 1.